The average Bonchev–Trinajstić information content (AvgIpc) is 2.46. The van der Waals surface area contributed by atoms with Gasteiger partial charge in [-0.3, -0.25) is 4.79 Å². The van der Waals surface area contributed by atoms with Crippen LogP contribution in [0.2, 0.25) is 0 Å². The van der Waals surface area contributed by atoms with E-state index < -0.39 is 0 Å². The zero-order chi connectivity index (χ0) is 13.5. The standard InChI is InChI=1S/C16H23N2O/c1-2-13-5-3-7-15(11-13)18-16(19)9-8-14-6-4-10-17-12-14/h3,5,7,11,14H,2,4,6,8-10,12H2,1H3,(H,18,19). The third-order valence-electron chi connectivity index (χ3n) is 3.71. The number of carbonyl (C=O) groups is 1. The van der Waals surface area contributed by atoms with Crippen LogP contribution < -0.4 is 10.6 Å². The summed E-state index contributed by atoms with van der Waals surface area (Å²) in [4.78, 5) is 11.9. The summed E-state index contributed by atoms with van der Waals surface area (Å²) in [7, 11) is 0. The summed E-state index contributed by atoms with van der Waals surface area (Å²) in [6, 6.07) is 8.08. The number of piperidine rings is 1. The molecule has 3 heteroatoms. The summed E-state index contributed by atoms with van der Waals surface area (Å²) in [6.45, 7) is 4.07. The van der Waals surface area contributed by atoms with Gasteiger partial charge in [-0.2, -0.15) is 0 Å². The Morgan fingerprint density at radius 2 is 2.37 bits per heavy atom. The van der Waals surface area contributed by atoms with E-state index in [1.807, 2.05) is 18.2 Å². The van der Waals surface area contributed by atoms with Gasteiger partial charge in [-0.15, -0.1) is 0 Å². The summed E-state index contributed by atoms with van der Waals surface area (Å²) in [5.74, 6) is 0.736. The van der Waals surface area contributed by atoms with Gasteiger partial charge in [-0.05, 0) is 49.3 Å². The number of hydrogen-bond acceptors (Lipinski definition) is 1. The van der Waals surface area contributed by atoms with Gasteiger partial charge in [0.2, 0.25) is 5.91 Å². The van der Waals surface area contributed by atoms with Crippen molar-refractivity contribution in [3.63, 3.8) is 0 Å². The van der Waals surface area contributed by atoms with Crippen molar-refractivity contribution in [2.75, 3.05) is 18.4 Å². The van der Waals surface area contributed by atoms with E-state index in [-0.39, 0.29) is 5.91 Å². The monoisotopic (exact) mass is 259 g/mol. The molecule has 1 saturated heterocycles. The number of aryl methyl sites for hydroxylation is 1. The van der Waals surface area contributed by atoms with Gasteiger partial charge < -0.3 is 5.32 Å². The molecule has 1 fully saturated rings. The Kier molecular flexibility index (Phi) is 5.40. The molecule has 0 aromatic heterocycles. The zero-order valence-corrected chi connectivity index (χ0v) is 11.7. The number of carbonyl (C=O) groups excluding carboxylic acids is 1. The lowest BCUT2D eigenvalue weighted by molar-refractivity contribution is -0.116. The van der Waals surface area contributed by atoms with Gasteiger partial charge in [0.25, 0.3) is 0 Å². The highest BCUT2D eigenvalue weighted by Gasteiger charge is 2.15. The topological polar surface area (TPSA) is 43.2 Å². The van der Waals surface area contributed by atoms with Gasteiger partial charge in [-0.1, -0.05) is 19.1 Å². The minimum Gasteiger partial charge on any atom is -0.326 e. The van der Waals surface area contributed by atoms with Gasteiger partial charge in [0.1, 0.15) is 0 Å². The average molecular weight is 259 g/mol. The molecule has 1 radical (unpaired) electrons. The molecule has 1 heterocycles. The molecule has 0 bridgehead atoms. The molecular formula is C16H23N2O. The number of benzene rings is 1. The fourth-order valence-corrected chi connectivity index (χ4v) is 2.52. The molecule has 1 aromatic carbocycles. The van der Waals surface area contributed by atoms with Crippen molar-refractivity contribution in [2.24, 2.45) is 5.92 Å². The maximum absolute atomic E-state index is 11.9. The number of amides is 1. The molecule has 3 nitrogen and oxygen atoms in total. The first-order chi connectivity index (χ1) is 9.28. The number of hydrogen-bond donors (Lipinski definition) is 1. The maximum Gasteiger partial charge on any atom is 0.224 e. The van der Waals surface area contributed by atoms with Crippen LogP contribution in [-0.2, 0) is 11.2 Å². The Labute approximate surface area is 115 Å². The molecule has 0 saturated carbocycles. The summed E-state index contributed by atoms with van der Waals surface area (Å²) in [5, 5.41) is 7.40. The SMILES string of the molecule is CCc1cccc(NC(=O)CCC2CCC[N]C2)c1. The predicted molar refractivity (Wildman–Crippen MR) is 78.3 cm³/mol. The molecule has 103 valence electrons. The summed E-state index contributed by atoms with van der Waals surface area (Å²) >= 11 is 0. The highest BCUT2D eigenvalue weighted by Crippen LogP contribution is 2.17. The van der Waals surface area contributed by atoms with Gasteiger partial charge in [0.05, 0.1) is 0 Å². The molecule has 1 amide bonds. The van der Waals surface area contributed by atoms with Crippen molar-refractivity contribution < 1.29 is 4.79 Å². The number of nitrogens with zero attached hydrogens (tertiary/aromatic N) is 1. The van der Waals surface area contributed by atoms with Crippen LogP contribution in [0.5, 0.6) is 0 Å². The van der Waals surface area contributed by atoms with Crippen molar-refractivity contribution in [3.05, 3.63) is 29.8 Å². The lowest BCUT2D eigenvalue weighted by atomic mass is 9.94. The highest BCUT2D eigenvalue weighted by molar-refractivity contribution is 5.90. The third kappa shape index (κ3) is 4.67. The molecule has 1 aliphatic heterocycles. The second-order valence-corrected chi connectivity index (χ2v) is 5.28. The third-order valence-corrected chi connectivity index (χ3v) is 3.71. The van der Waals surface area contributed by atoms with E-state index in [0.717, 1.165) is 31.6 Å². The predicted octanol–water partition coefficient (Wildman–Crippen LogP) is 2.98. The summed E-state index contributed by atoms with van der Waals surface area (Å²) < 4.78 is 0. The van der Waals surface area contributed by atoms with Crippen molar-refractivity contribution in [1.29, 1.82) is 0 Å². The molecule has 1 unspecified atom stereocenters. The minimum atomic E-state index is 0.124. The first-order valence-electron chi connectivity index (χ1n) is 7.30. The smallest absolute Gasteiger partial charge is 0.224 e. The fourth-order valence-electron chi connectivity index (χ4n) is 2.52. The van der Waals surface area contributed by atoms with Crippen LogP contribution in [0, 0.1) is 5.92 Å². The lowest BCUT2D eigenvalue weighted by Gasteiger charge is -2.20. The van der Waals surface area contributed by atoms with Crippen molar-refractivity contribution in [3.8, 4) is 0 Å². The Balaban J connectivity index is 1.76. The Hall–Kier alpha value is -1.35. The molecule has 19 heavy (non-hydrogen) atoms. The van der Waals surface area contributed by atoms with Gasteiger partial charge in [0.15, 0.2) is 0 Å². The maximum atomic E-state index is 11.9. The Bertz CT molecular complexity index is 411. The first kappa shape index (κ1) is 14.1. The molecule has 1 aromatic rings. The van der Waals surface area contributed by atoms with E-state index in [1.165, 1.54) is 18.4 Å². The number of rotatable bonds is 5. The zero-order valence-electron chi connectivity index (χ0n) is 11.7. The molecular weight excluding hydrogens is 236 g/mol. The first-order valence-corrected chi connectivity index (χ1v) is 7.30. The second-order valence-electron chi connectivity index (χ2n) is 5.28. The Morgan fingerprint density at radius 3 is 3.11 bits per heavy atom. The van der Waals surface area contributed by atoms with Crippen molar-refractivity contribution in [2.45, 2.75) is 39.0 Å². The molecule has 0 aliphatic carbocycles. The fraction of sp³-hybridized carbons (Fsp3) is 0.562. The summed E-state index contributed by atoms with van der Waals surface area (Å²) in [5.41, 5.74) is 2.17. The highest BCUT2D eigenvalue weighted by atomic mass is 16.1. The van der Waals surface area contributed by atoms with Crippen LogP contribution in [0.3, 0.4) is 0 Å². The molecule has 2 rings (SSSR count). The largest absolute Gasteiger partial charge is 0.326 e. The van der Waals surface area contributed by atoms with Gasteiger partial charge in [0, 0.05) is 25.2 Å². The van der Waals surface area contributed by atoms with Crippen LogP contribution in [-0.4, -0.2) is 19.0 Å². The number of nitrogens with one attached hydrogen (secondary N) is 1. The van der Waals surface area contributed by atoms with Gasteiger partial charge >= 0.3 is 0 Å². The normalized spacial score (nSPS) is 19.1. The Morgan fingerprint density at radius 1 is 1.47 bits per heavy atom. The van der Waals surface area contributed by atoms with E-state index in [1.54, 1.807) is 0 Å². The van der Waals surface area contributed by atoms with Crippen LogP contribution in [0.25, 0.3) is 0 Å². The van der Waals surface area contributed by atoms with Gasteiger partial charge in [-0.25, -0.2) is 5.32 Å². The quantitative estimate of drug-likeness (QED) is 0.868. The second kappa shape index (κ2) is 7.29. The van der Waals surface area contributed by atoms with E-state index in [0.29, 0.717) is 12.3 Å². The molecule has 0 spiro atoms. The molecule has 1 aliphatic rings. The van der Waals surface area contributed by atoms with Crippen LogP contribution >= 0.6 is 0 Å². The van der Waals surface area contributed by atoms with E-state index >= 15 is 0 Å². The van der Waals surface area contributed by atoms with Crippen molar-refractivity contribution in [1.82, 2.24) is 5.32 Å². The van der Waals surface area contributed by atoms with Crippen LogP contribution in [0.4, 0.5) is 5.69 Å². The van der Waals surface area contributed by atoms with E-state index in [2.05, 4.69) is 23.6 Å². The van der Waals surface area contributed by atoms with Crippen LogP contribution in [0.1, 0.15) is 38.2 Å². The van der Waals surface area contributed by atoms with E-state index in [9.17, 15) is 4.79 Å². The lowest BCUT2D eigenvalue weighted by Crippen LogP contribution is -2.25. The van der Waals surface area contributed by atoms with Crippen LogP contribution in [0.15, 0.2) is 24.3 Å². The number of anilines is 1. The minimum absolute atomic E-state index is 0.124. The molecule has 1 atom stereocenters. The summed E-state index contributed by atoms with van der Waals surface area (Å²) in [6.07, 6.45) is 4.97. The van der Waals surface area contributed by atoms with Crippen molar-refractivity contribution >= 4 is 11.6 Å². The van der Waals surface area contributed by atoms with E-state index in [4.69, 9.17) is 0 Å². The molecule has 1 N–H and O–H groups in total.